The highest BCUT2D eigenvalue weighted by Crippen LogP contribution is 2.20. The number of aliphatic hydroxyl groups excluding tert-OH is 1. The molecular formula is C18H27N3O3S. The second-order valence-corrected chi connectivity index (χ2v) is 7.77. The van der Waals surface area contributed by atoms with Crippen molar-refractivity contribution in [3.8, 4) is 5.75 Å². The maximum absolute atomic E-state index is 11.5. The number of carbonyl (C=O) groups is 1. The Morgan fingerprint density at radius 3 is 2.80 bits per heavy atom. The van der Waals surface area contributed by atoms with Crippen LogP contribution in [0.1, 0.15) is 5.56 Å². The van der Waals surface area contributed by atoms with Crippen molar-refractivity contribution in [2.75, 3.05) is 57.4 Å². The van der Waals surface area contributed by atoms with Gasteiger partial charge in [0.05, 0.1) is 6.54 Å². The molecule has 138 valence electrons. The Morgan fingerprint density at radius 1 is 1.20 bits per heavy atom. The highest BCUT2D eigenvalue weighted by atomic mass is 32.2. The summed E-state index contributed by atoms with van der Waals surface area (Å²) in [6.45, 7) is 5.66. The molecule has 2 aliphatic rings. The van der Waals surface area contributed by atoms with Gasteiger partial charge in [0.1, 0.15) is 18.5 Å². The number of hydrogen-bond acceptors (Lipinski definition) is 6. The molecule has 0 aliphatic carbocycles. The predicted octanol–water partition coefficient (Wildman–Crippen LogP) is 0.407. The average Bonchev–Trinajstić information content (AvgIpc) is 2.62. The summed E-state index contributed by atoms with van der Waals surface area (Å²) in [5.74, 6) is 3.14. The summed E-state index contributed by atoms with van der Waals surface area (Å²) in [7, 11) is 0. The van der Waals surface area contributed by atoms with E-state index in [0.29, 0.717) is 32.8 Å². The number of rotatable bonds is 7. The van der Waals surface area contributed by atoms with Crippen molar-refractivity contribution in [3.05, 3.63) is 29.8 Å². The number of amides is 1. The van der Waals surface area contributed by atoms with Crippen molar-refractivity contribution in [3.63, 3.8) is 0 Å². The largest absolute Gasteiger partial charge is 0.491 e. The number of piperazine rings is 1. The fraction of sp³-hybridized carbons (Fsp3) is 0.611. The molecule has 2 N–H and O–H groups in total. The fourth-order valence-electron chi connectivity index (χ4n) is 3.16. The molecule has 25 heavy (non-hydrogen) atoms. The van der Waals surface area contributed by atoms with Crippen molar-refractivity contribution >= 4 is 17.7 Å². The van der Waals surface area contributed by atoms with E-state index in [9.17, 15) is 9.90 Å². The molecule has 2 fully saturated rings. The summed E-state index contributed by atoms with van der Waals surface area (Å²) >= 11 is 1.97. The fourth-order valence-corrected chi connectivity index (χ4v) is 4.14. The van der Waals surface area contributed by atoms with Gasteiger partial charge in [0, 0.05) is 56.3 Å². The summed E-state index contributed by atoms with van der Waals surface area (Å²) in [6, 6.07) is 7.88. The average molecular weight is 365 g/mol. The van der Waals surface area contributed by atoms with Gasteiger partial charge >= 0.3 is 0 Å². The second kappa shape index (κ2) is 9.43. The third-order valence-electron chi connectivity index (χ3n) is 4.49. The zero-order chi connectivity index (χ0) is 17.5. The van der Waals surface area contributed by atoms with Crippen molar-refractivity contribution < 1.29 is 14.6 Å². The number of nitrogens with zero attached hydrogens (tertiary/aromatic N) is 2. The van der Waals surface area contributed by atoms with Crippen LogP contribution in [0.4, 0.5) is 0 Å². The zero-order valence-corrected chi connectivity index (χ0v) is 15.3. The second-order valence-electron chi connectivity index (χ2n) is 6.55. The summed E-state index contributed by atoms with van der Waals surface area (Å²) in [4.78, 5) is 15.9. The van der Waals surface area contributed by atoms with E-state index in [4.69, 9.17) is 4.74 Å². The molecule has 3 rings (SSSR count). The number of benzene rings is 1. The van der Waals surface area contributed by atoms with E-state index in [2.05, 4.69) is 15.1 Å². The molecule has 0 unspecified atom stereocenters. The van der Waals surface area contributed by atoms with Gasteiger partial charge in [-0.1, -0.05) is 18.2 Å². The van der Waals surface area contributed by atoms with Crippen LogP contribution in [0.15, 0.2) is 24.3 Å². The summed E-state index contributed by atoms with van der Waals surface area (Å²) in [5.41, 5.74) is 1.05. The van der Waals surface area contributed by atoms with Gasteiger partial charge in [-0.25, -0.2) is 0 Å². The van der Waals surface area contributed by atoms with E-state index in [1.54, 1.807) is 0 Å². The Morgan fingerprint density at radius 2 is 2.00 bits per heavy atom. The van der Waals surface area contributed by atoms with Crippen molar-refractivity contribution in [1.29, 1.82) is 0 Å². The minimum Gasteiger partial charge on any atom is -0.491 e. The van der Waals surface area contributed by atoms with E-state index in [0.717, 1.165) is 42.5 Å². The van der Waals surface area contributed by atoms with Crippen LogP contribution >= 0.6 is 11.8 Å². The van der Waals surface area contributed by atoms with Crippen LogP contribution in [0.5, 0.6) is 5.75 Å². The lowest BCUT2D eigenvalue weighted by atomic mass is 10.1. The molecule has 2 heterocycles. The van der Waals surface area contributed by atoms with Crippen molar-refractivity contribution in [2.24, 2.45) is 0 Å². The van der Waals surface area contributed by atoms with Crippen molar-refractivity contribution in [1.82, 2.24) is 15.1 Å². The first kappa shape index (κ1) is 18.5. The normalized spacial score (nSPS) is 20.9. The van der Waals surface area contributed by atoms with Crippen LogP contribution in [0.3, 0.4) is 0 Å². The van der Waals surface area contributed by atoms with Gasteiger partial charge in [-0.3, -0.25) is 14.6 Å². The number of aliphatic hydroxyl groups is 1. The number of hydrogen-bond donors (Lipinski definition) is 2. The van der Waals surface area contributed by atoms with Crippen LogP contribution in [-0.4, -0.2) is 84.3 Å². The number of nitrogens with one attached hydrogen (secondary N) is 1. The maximum Gasteiger partial charge on any atom is 0.234 e. The number of β-amino-alcohol motifs (C(OH)–C–C–N with tert-alkyl or cyclic N) is 1. The van der Waals surface area contributed by atoms with Gasteiger partial charge in [0.2, 0.25) is 5.91 Å². The lowest BCUT2D eigenvalue weighted by molar-refractivity contribution is -0.124. The molecule has 7 heteroatoms. The van der Waals surface area contributed by atoms with E-state index < -0.39 is 6.10 Å². The Hall–Kier alpha value is -1.28. The third kappa shape index (κ3) is 5.88. The zero-order valence-electron chi connectivity index (χ0n) is 14.5. The van der Waals surface area contributed by atoms with Gasteiger partial charge in [0.15, 0.2) is 0 Å². The highest BCUT2D eigenvalue weighted by Gasteiger charge is 2.19. The molecule has 2 saturated heterocycles. The molecule has 0 bridgehead atoms. The molecule has 0 spiro atoms. The lowest BCUT2D eigenvalue weighted by Crippen LogP contribution is -2.47. The monoisotopic (exact) mass is 365 g/mol. The summed E-state index contributed by atoms with van der Waals surface area (Å²) < 4.78 is 5.90. The van der Waals surface area contributed by atoms with Crippen LogP contribution in [0, 0.1) is 0 Å². The number of thioether (sulfide) groups is 1. The minimum absolute atomic E-state index is 0.0692. The van der Waals surface area contributed by atoms with Crippen molar-refractivity contribution in [2.45, 2.75) is 12.6 Å². The molecule has 1 aromatic rings. The SMILES string of the molecule is O=C1CN(Cc2ccccc2OC[C@H](O)CN2CCSCC2)CCN1. The molecule has 6 nitrogen and oxygen atoms in total. The quantitative estimate of drug-likeness (QED) is 0.730. The Balaban J connectivity index is 1.50. The van der Waals surface area contributed by atoms with Gasteiger partial charge in [-0.2, -0.15) is 11.8 Å². The molecular weight excluding hydrogens is 338 g/mol. The number of carbonyl (C=O) groups excluding carboxylic acids is 1. The van der Waals surface area contributed by atoms with Crippen LogP contribution < -0.4 is 10.1 Å². The summed E-state index contributed by atoms with van der Waals surface area (Å²) in [5, 5.41) is 13.1. The van der Waals surface area contributed by atoms with Gasteiger partial charge in [0.25, 0.3) is 0 Å². The standard InChI is InChI=1S/C18H27N3O3S/c22-16(12-20-7-9-25-10-8-20)14-24-17-4-2-1-3-15(17)11-21-6-5-19-18(23)13-21/h1-4,16,22H,5-14H2,(H,19,23)/t16-/m1/s1. The van der Waals surface area contributed by atoms with E-state index in [1.165, 1.54) is 0 Å². The molecule has 0 aromatic heterocycles. The van der Waals surface area contributed by atoms with E-state index in [1.807, 2.05) is 36.0 Å². The Kier molecular flexibility index (Phi) is 6.98. The van der Waals surface area contributed by atoms with Crippen LogP contribution in [-0.2, 0) is 11.3 Å². The highest BCUT2D eigenvalue weighted by molar-refractivity contribution is 7.99. The van der Waals surface area contributed by atoms with Crippen LogP contribution in [0.25, 0.3) is 0 Å². The first-order valence-corrected chi connectivity index (χ1v) is 10.0. The lowest BCUT2D eigenvalue weighted by Gasteiger charge is -2.29. The van der Waals surface area contributed by atoms with Gasteiger partial charge in [-0.05, 0) is 6.07 Å². The predicted molar refractivity (Wildman–Crippen MR) is 100.0 cm³/mol. The topological polar surface area (TPSA) is 65.0 Å². The Labute approximate surface area is 153 Å². The van der Waals surface area contributed by atoms with E-state index in [-0.39, 0.29) is 5.91 Å². The number of para-hydroxylation sites is 1. The molecule has 1 atom stereocenters. The molecule has 0 saturated carbocycles. The molecule has 1 aromatic carbocycles. The maximum atomic E-state index is 11.5. The first-order valence-electron chi connectivity index (χ1n) is 8.88. The minimum atomic E-state index is -0.489. The number of ether oxygens (including phenoxy) is 1. The third-order valence-corrected chi connectivity index (χ3v) is 5.43. The Bertz CT molecular complexity index is 566. The molecule has 2 aliphatic heterocycles. The molecule has 1 amide bonds. The van der Waals surface area contributed by atoms with Crippen LogP contribution in [0.2, 0.25) is 0 Å². The summed E-state index contributed by atoms with van der Waals surface area (Å²) in [6.07, 6.45) is -0.489. The van der Waals surface area contributed by atoms with Gasteiger partial charge in [-0.15, -0.1) is 0 Å². The molecule has 0 radical (unpaired) electrons. The van der Waals surface area contributed by atoms with Gasteiger partial charge < -0.3 is 15.2 Å². The van der Waals surface area contributed by atoms with E-state index >= 15 is 0 Å². The first-order chi connectivity index (χ1) is 12.2. The smallest absolute Gasteiger partial charge is 0.234 e.